The smallest absolute Gasteiger partial charge is 0.309 e. The van der Waals surface area contributed by atoms with Gasteiger partial charge in [-0.3, -0.25) is 4.79 Å². The fourth-order valence-electron chi connectivity index (χ4n) is 2.71. The number of rotatable bonds is 7. The zero-order valence-corrected chi connectivity index (χ0v) is 16.1. The van der Waals surface area contributed by atoms with Crippen molar-refractivity contribution in [1.82, 2.24) is 4.90 Å². The zero-order valence-electron chi connectivity index (χ0n) is 13.8. The Bertz CT molecular complexity index is 520. The van der Waals surface area contributed by atoms with Gasteiger partial charge in [0.15, 0.2) is 0 Å². The van der Waals surface area contributed by atoms with Gasteiger partial charge in [-0.05, 0) is 57.5 Å². The van der Waals surface area contributed by atoms with Crippen molar-refractivity contribution >= 4 is 41.6 Å². The van der Waals surface area contributed by atoms with E-state index in [2.05, 4.69) is 4.90 Å². The second kappa shape index (κ2) is 11.0. The molecule has 1 fully saturated rings. The number of hydrogen-bond donors (Lipinski definition) is 0. The average Bonchev–Trinajstić information content (AvgIpc) is 2.54. The number of halogens is 3. The normalized spacial score (nSPS) is 15.6. The van der Waals surface area contributed by atoms with Crippen LogP contribution in [0.2, 0.25) is 10.0 Å². The molecule has 0 N–H and O–H groups in total. The molecule has 1 saturated heterocycles. The quantitative estimate of drug-likeness (QED) is 0.504. The monoisotopic (exact) mass is 395 g/mol. The predicted octanol–water partition coefficient (Wildman–Crippen LogP) is 4.46. The number of nitrogens with zero attached hydrogens (tertiary/aromatic N) is 1. The topological polar surface area (TPSA) is 38.8 Å². The van der Waals surface area contributed by atoms with E-state index in [-0.39, 0.29) is 24.3 Å². The number of likely N-dealkylation sites (tertiary alicyclic amines) is 1. The molecule has 1 aromatic carbocycles. The predicted molar refractivity (Wildman–Crippen MR) is 99.6 cm³/mol. The summed E-state index contributed by atoms with van der Waals surface area (Å²) in [5, 5.41) is 1.14. The molecule has 0 amide bonds. The Morgan fingerprint density at radius 3 is 2.62 bits per heavy atom. The first kappa shape index (κ1) is 21.4. The summed E-state index contributed by atoms with van der Waals surface area (Å²) in [5.74, 6) is 0.681. The summed E-state index contributed by atoms with van der Waals surface area (Å²) < 4.78 is 10.8. The highest BCUT2D eigenvalue weighted by atomic mass is 35.5. The first-order valence-corrected chi connectivity index (χ1v) is 8.82. The van der Waals surface area contributed by atoms with E-state index in [1.165, 1.54) is 0 Å². The maximum atomic E-state index is 11.7. The summed E-state index contributed by atoms with van der Waals surface area (Å²) in [5.41, 5.74) is 0. The number of hydrogen-bond acceptors (Lipinski definition) is 4. The van der Waals surface area contributed by atoms with Gasteiger partial charge in [0, 0.05) is 11.6 Å². The van der Waals surface area contributed by atoms with Crippen LogP contribution in [0.25, 0.3) is 0 Å². The lowest BCUT2D eigenvalue weighted by Gasteiger charge is -2.30. The highest BCUT2D eigenvalue weighted by Crippen LogP contribution is 2.27. The average molecular weight is 397 g/mol. The summed E-state index contributed by atoms with van der Waals surface area (Å²) in [4.78, 5) is 14.1. The lowest BCUT2D eigenvalue weighted by Crippen LogP contribution is -2.37. The summed E-state index contributed by atoms with van der Waals surface area (Å²) in [6.07, 6.45) is 2.68. The van der Waals surface area contributed by atoms with Crippen molar-refractivity contribution in [3.05, 3.63) is 28.2 Å². The molecule has 1 aliphatic rings. The van der Waals surface area contributed by atoms with E-state index in [1.807, 2.05) is 6.92 Å². The number of carbonyl (C=O) groups excluding carboxylic acids is 1. The Kier molecular flexibility index (Phi) is 9.82. The van der Waals surface area contributed by atoms with E-state index in [4.69, 9.17) is 32.7 Å². The number of carbonyl (C=O) groups is 1. The number of esters is 1. The molecule has 1 heterocycles. The van der Waals surface area contributed by atoms with Crippen molar-refractivity contribution in [2.24, 2.45) is 5.92 Å². The molecule has 0 spiro atoms. The van der Waals surface area contributed by atoms with Gasteiger partial charge in [0.1, 0.15) is 5.75 Å². The van der Waals surface area contributed by atoms with Crippen LogP contribution in [0.3, 0.4) is 0 Å². The Hall–Kier alpha value is -0.680. The van der Waals surface area contributed by atoms with Gasteiger partial charge in [-0.1, -0.05) is 23.2 Å². The number of piperidine rings is 1. The van der Waals surface area contributed by atoms with Gasteiger partial charge in [0.25, 0.3) is 0 Å². The van der Waals surface area contributed by atoms with Crippen molar-refractivity contribution in [3.8, 4) is 5.75 Å². The molecular formula is C17H24Cl3NO3. The number of ether oxygens (including phenoxy) is 2. The molecule has 1 aliphatic heterocycles. The lowest BCUT2D eigenvalue weighted by atomic mass is 9.97. The molecule has 4 nitrogen and oxygen atoms in total. The van der Waals surface area contributed by atoms with Crippen molar-refractivity contribution in [2.45, 2.75) is 26.2 Å². The van der Waals surface area contributed by atoms with Crippen molar-refractivity contribution < 1.29 is 14.3 Å². The second-order valence-electron chi connectivity index (χ2n) is 5.64. The lowest BCUT2D eigenvalue weighted by molar-refractivity contribution is -0.149. The third kappa shape index (κ3) is 6.67. The van der Waals surface area contributed by atoms with Crippen LogP contribution in [0.5, 0.6) is 5.75 Å². The van der Waals surface area contributed by atoms with Crippen molar-refractivity contribution in [2.75, 3.05) is 32.8 Å². The second-order valence-corrected chi connectivity index (χ2v) is 6.49. The SMILES string of the molecule is CCOC(=O)C1CCN(CCCOc2ccc(Cl)cc2Cl)CC1.Cl. The molecule has 0 unspecified atom stereocenters. The van der Waals surface area contributed by atoms with Crippen LogP contribution in [-0.2, 0) is 9.53 Å². The zero-order chi connectivity index (χ0) is 16.7. The highest BCUT2D eigenvalue weighted by molar-refractivity contribution is 6.35. The van der Waals surface area contributed by atoms with Gasteiger partial charge in [0.2, 0.25) is 0 Å². The van der Waals surface area contributed by atoms with Crippen LogP contribution in [0.15, 0.2) is 18.2 Å². The fraction of sp³-hybridized carbons (Fsp3) is 0.588. The van der Waals surface area contributed by atoms with E-state index < -0.39 is 0 Å². The molecular weight excluding hydrogens is 373 g/mol. The van der Waals surface area contributed by atoms with Gasteiger partial charge in [0.05, 0.1) is 24.2 Å². The third-order valence-corrected chi connectivity index (χ3v) is 4.51. The van der Waals surface area contributed by atoms with Gasteiger partial charge in [-0.2, -0.15) is 0 Å². The summed E-state index contributed by atoms with van der Waals surface area (Å²) in [7, 11) is 0. The van der Waals surface area contributed by atoms with E-state index in [1.54, 1.807) is 18.2 Å². The molecule has 1 aromatic rings. The van der Waals surface area contributed by atoms with Gasteiger partial charge < -0.3 is 14.4 Å². The van der Waals surface area contributed by atoms with Gasteiger partial charge in [-0.25, -0.2) is 0 Å². The van der Waals surface area contributed by atoms with E-state index in [0.29, 0.717) is 29.0 Å². The molecule has 24 heavy (non-hydrogen) atoms. The van der Waals surface area contributed by atoms with Crippen molar-refractivity contribution in [1.29, 1.82) is 0 Å². The fourth-order valence-corrected chi connectivity index (χ4v) is 3.18. The van der Waals surface area contributed by atoms with Crippen molar-refractivity contribution in [3.63, 3.8) is 0 Å². The minimum absolute atomic E-state index is 0. The van der Waals surface area contributed by atoms with Crippen LogP contribution in [0, 0.1) is 5.92 Å². The Labute approximate surface area is 159 Å². The molecule has 0 atom stereocenters. The van der Waals surface area contributed by atoms with Crippen LogP contribution < -0.4 is 4.74 Å². The summed E-state index contributed by atoms with van der Waals surface area (Å²) in [6.45, 7) is 5.75. The Morgan fingerprint density at radius 2 is 2.00 bits per heavy atom. The van der Waals surface area contributed by atoms with E-state index in [0.717, 1.165) is 38.9 Å². The highest BCUT2D eigenvalue weighted by Gasteiger charge is 2.25. The molecule has 0 radical (unpaired) electrons. The first-order valence-electron chi connectivity index (χ1n) is 8.07. The Balaban J connectivity index is 0.00000288. The maximum absolute atomic E-state index is 11.7. The molecule has 0 aromatic heterocycles. The summed E-state index contributed by atoms with van der Waals surface area (Å²) >= 11 is 11.9. The maximum Gasteiger partial charge on any atom is 0.309 e. The minimum atomic E-state index is -0.0483. The first-order chi connectivity index (χ1) is 11.1. The van der Waals surface area contributed by atoms with E-state index in [9.17, 15) is 4.79 Å². The molecule has 0 bridgehead atoms. The largest absolute Gasteiger partial charge is 0.492 e. The van der Waals surface area contributed by atoms with E-state index >= 15 is 0 Å². The molecule has 7 heteroatoms. The minimum Gasteiger partial charge on any atom is -0.492 e. The van der Waals surface area contributed by atoms with Gasteiger partial charge >= 0.3 is 5.97 Å². The Morgan fingerprint density at radius 1 is 1.29 bits per heavy atom. The molecule has 0 saturated carbocycles. The standard InChI is InChI=1S/C17H23Cl2NO3.ClH/c1-2-22-17(21)13-6-9-20(10-7-13)8-3-11-23-16-5-4-14(18)12-15(16)19;/h4-5,12-13H,2-3,6-11H2,1H3;1H. The molecule has 2 rings (SSSR count). The number of benzene rings is 1. The van der Waals surface area contributed by atoms with Gasteiger partial charge in [-0.15, -0.1) is 12.4 Å². The summed E-state index contributed by atoms with van der Waals surface area (Å²) in [6, 6.07) is 5.23. The van der Waals surface area contributed by atoms with Crippen LogP contribution in [0.4, 0.5) is 0 Å². The van der Waals surface area contributed by atoms with Crippen LogP contribution >= 0.6 is 35.6 Å². The van der Waals surface area contributed by atoms with Crippen LogP contribution in [0.1, 0.15) is 26.2 Å². The van der Waals surface area contributed by atoms with Crippen LogP contribution in [-0.4, -0.2) is 43.7 Å². The molecule has 0 aliphatic carbocycles. The molecule has 136 valence electrons. The third-order valence-electron chi connectivity index (χ3n) is 3.98.